The molecule has 1 heterocycles. The molecule has 17 heavy (non-hydrogen) atoms. The van der Waals surface area contributed by atoms with Crippen molar-refractivity contribution in [1.82, 2.24) is 5.32 Å². The maximum absolute atomic E-state index is 8.60. The third kappa shape index (κ3) is 3.33. The Morgan fingerprint density at radius 1 is 1.65 bits per heavy atom. The molecule has 5 nitrogen and oxygen atoms in total. The molecule has 0 radical (unpaired) electrons. The fourth-order valence-corrected chi connectivity index (χ4v) is 2.50. The predicted octanol–water partition coefficient (Wildman–Crippen LogP) is 0.918. The van der Waals surface area contributed by atoms with E-state index < -0.39 is 0 Å². The zero-order valence-corrected chi connectivity index (χ0v) is 10.5. The summed E-state index contributed by atoms with van der Waals surface area (Å²) in [5.74, 6) is 0.982. The summed E-state index contributed by atoms with van der Waals surface area (Å²) in [6.07, 6.45) is 4.19. The Morgan fingerprint density at radius 3 is 2.94 bits per heavy atom. The summed E-state index contributed by atoms with van der Waals surface area (Å²) in [7, 11) is 0. The van der Waals surface area contributed by atoms with Gasteiger partial charge in [0.15, 0.2) is 0 Å². The van der Waals surface area contributed by atoms with E-state index in [0.29, 0.717) is 24.2 Å². The maximum Gasteiger partial charge on any atom is 0.139 e. The minimum atomic E-state index is 0.240. The molecular formula is C12H23N3O2. The second-order valence-corrected chi connectivity index (χ2v) is 5.56. The van der Waals surface area contributed by atoms with Gasteiger partial charge in [-0.15, -0.1) is 0 Å². The van der Waals surface area contributed by atoms with Crippen molar-refractivity contribution in [3.63, 3.8) is 0 Å². The zero-order chi connectivity index (χ0) is 12.3. The molecular weight excluding hydrogens is 218 g/mol. The minimum absolute atomic E-state index is 0.240. The highest BCUT2D eigenvalue weighted by atomic mass is 16.5. The van der Waals surface area contributed by atoms with Crippen molar-refractivity contribution in [3.05, 3.63) is 0 Å². The average molecular weight is 241 g/mol. The van der Waals surface area contributed by atoms with Gasteiger partial charge >= 0.3 is 0 Å². The Labute approximate surface area is 102 Å². The van der Waals surface area contributed by atoms with Crippen LogP contribution in [0.25, 0.3) is 0 Å². The van der Waals surface area contributed by atoms with Crippen LogP contribution in [0.3, 0.4) is 0 Å². The van der Waals surface area contributed by atoms with Crippen LogP contribution in [0.4, 0.5) is 0 Å². The van der Waals surface area contributed by atoms with E-state index in [9.17, 15) is 0 Å². The maximum atomic E-state index is 8.60. The number of nitrogens with two attached hydrogens (primary N) is 1. The fourth-order valence-electron chi connectivity index (χ4n) is 2.50. The summed E-state index contributed by atoms with van der Waals surface area (Å²) in [4.78, 5) is 0. The number of oxime groups is 1. The molecule has 4 N–H and O–H groups in total. The van der Waals surface area contributed by atoms with E-state index in [-0.39, 0.29) is 5.41 Å². The molecule has 1 saturated carbocycles. The molecule has 98 valence electrons. The van der Waals surface area contributed by atoms with Crippen LogP contribution < -0.4 is 11.1 Å². The topological polar surface area (TPSA) is 79.9 Å². The molecule has 1 saturated heterocycles. The third-order valence-corrected chi connectivity index (χ3v) is 4.11. The second kappa shape index (κ2) is 5.23. The zero-order valence-electron chi connectivity index (χ0n) is 10.5. The predicted molar refractivity (Wildman–Crippen MR) is 66.1 cm³/mol. The lowest BCUT2D eigenvalue weighted by atomic mass is 9.97. The van der Waals surface area contributed by atoms with Gasteiger partial charge in [0, 0.05) is 25.6 Å². The van der Waals surface area contributed by atoms with Crippen LogP contribution in [0.1, 0.15) is 32.6 Å². The number of nitrogens with one attached hydrogen (secondary N) is 1. The van der Waals surface area contributed by atoms with Gasteiger partial charge in [0.25, 0.3) is 0 Å². The van der Waals surface area contributed by atoms with E-state index in [2.05, 4.69) is 17.4 Å². The van der Waals surface area contributed by atoms with Gasteiger partial charge in [0.1, 0.15) is 5.84 Å². The Morgan fingerprint density at radius 2 is 2.41 bits per heavy atom. The normalized spacial score (nSPS) is 29.2. The van der Waals surface area contributed by atoms with Crippen LogP contribution in [-0.2, 0) is 4.74 Å². The van der Waals surface area contributed by atoms with Gasteiger partial charge in [0.05, 0.1) is 6.61 Å². The molecule has 2 fully saturated rings. The Balaban J connectivity index is 1.73. The quantitative estimate of drug-likeness (QED) is 0.279. The Hall–Kier alpha value is -0.810. The summed E-state index contributed by atoms with van der Waals surface area (Å²) in [5.41, 5.74) is 5.82. The molecule has 0 aromatic rings. The molecule has 5 heteroatoms. The van der Waals surface area contributed by atoms with Crippen LogP contribution in [-0.4, -0.2) is 36.8 Å². The first-order valence-electron chi connectivity index (χ1n) is 6.43. The molecule has 2 unspecified atom stereocenters. The molecule has 1 aliphatic carbocycles. The lowest BCUT2D eigenvalue weighted by Gasteiger charge is -2.23. The molecule has 0 aromatic heterocycles. The molecule has 2 atom stereocenters. The number of ether oxygens (including phenoxy) is 1. The van der Waals surface area contributed by atoms with Crippen molar-refractivity contribution in [2.24, 2.45) is 22.2 Å². The highest BCUT2D eigenvalue weighted by Gasteiger charge is 2.43. The lowest BCUT2D eigenvalue weighted by Crippen LogP contribution is -2.38. The van der Waals surface area contributed by atoms with E-state index >= 15 is 0 Å². The fraction of sp³-hybridized carbons (Fsp3) is 0.917. The van der Waals surface area contributed by atoms with E-state index in [0.717, 1.165) is 26.2 Å². The smallest absolute Gasteiger partial charge is 0.139 e. The molecule has 2 rings (SSSR count). The van der Waals surface area contributed by atoms with Crippen molar-refractivity contribution < 1.29 is 9.94 Å². The molecule has 0 aromatic carbocycles. The third-order valence-electron chi connectivity index (χ3n) is 4.11. The van der Waals surface area contributed by atoms with E-state index in [1.54, 1.807) is 0 Å². The van der Waals surface area contributed by atoms with Crippen molar-refractivity contribution in [3.8, 4) is 0 Å². The summed E-state index contributed by atoms with van der Waals surface area (Å²) in [6.45, 7) is 4.95. The minimum Gasteiger partial charge on any atom is -0.409 e. The standard InChI is InChI=1S/C12H23N3O2/c1-9(10-2-5-17-7-10)14-8-12(3-4-12)6-11(13)15-16/h9-10,14,16H,2-8H2,1H3,(H2,13,15). The van der Waals surface area contributed by atoms with Crippen LogP contribution in [0, 0.1) is 11.3 Å². The summed E-state index contributed by atoms with van der Waals surface area (Å²) >= 11 is 0. The molecule has 2 aliphatic rings. The van der Waals surface area contributed by atoms with Gasteiger partial charge in [-0.3, -0.25) is 0 Å². The molecule has 0 spiro atoms. The average Bonchev–Trinajstić information content (AvgIpc) is 2.88. The largest absolute Gasteiger partial charge is 0.409 e. The lowest BCUT2D eigenvalue weighted by molar-refractivity contribution is 0.177. The van der Waals surface area contributed by atoms with Crippen molar-refractivity contribution >= 4 is 5.84 Å². The molecule has 0 amide bonds. The van der Waals surface area contributed by atoms with Gasteiger partial charge in [-0.2, -0.15) is 0 Å². The van der Waals surface area contributed by atoms with Crippen LogP contribution in [0.15, 0.2) is 5.16 Å². The Kier molecular flexibility index (Phi) is 3.89. The monoisotopic (exact) mass is 241 g/mol. The second-order valence-electron chi connectivity index (χ2n) is 5.56. The van der Waals surface area contributed by atoms with Gasteiger partial charge < -0.3 is 21.0 Å². The van der Waals surface area contributed by atoms with Crippen LogP contribution in [0.2, 0.25) is 0 Å². The van der Waals surface area contributed by atoms with E-state index in [1.165, 1.54) is 12.8 Å². The van der Waals surface area contributed by atoms with E-state index in [4.69, 9.17) is 15.7 Å². The first-order valence-corrected chi connectivity index (χ1v) is 6.43. The van der Waals surface area contributed by atoms with Gasteiger partial charge in [0.2, 0.25) is 0 Å². The number of amidine groups is 1. The van der Waals surface area contributed by atoms with Crippen molar-refractivity contribution in [2.45, 2.75) is 38.6 Å². The van der Waals surface area contributed by atoms with Crippen molar-refractivity contribution in [1.29, 1.82) is 0 Å². The number of rotatable bonds is 6. The van der Waals surface area contributed by atoms with Gasteiger partial charge in [-0.05, 0) is 37.5 Å². The van der Waals surface area contributed by atoms with Crippen molar-refractivity contribution in [2.75, 3.05) is 19.8 Å². The summed E-state index contributed by atoms with van der Waals surface area (Å²) < 4.78 is 5.40. The first kappa shape index (κ1) is 12.6. The highest BCUT2D eigenvalue weighted by molar-refractivity contribution is 5.80. The van der Waals surface area contributed by atoms with E-state index in [1.807, 2.05) is 0 Å². The van der Waals surface area contributed by atoms with Gasteiger partial charge in [-0.1, -0.05) is 5.16 Å². The number of hydrogen-bond acceptors (Lipinski definition) is 4. The van der Waals surface area contributed by atoms with Crippen LogP contribution in [0.5, 0.6) is 0 Å². The van der Waals surface area contributed by atoms with Crippen LogP contribution >= 0.6 is 0 Å². The highest BCUT2D eigenvalue weighted by Crippen LogP contribution is 2.48. The molecule has 0 bridgehead atoms. The number of nitrogens with zero attached hydrogens (tertiary/aromatic N) is 1. The SMILES string of the molecule is CC(NCC1(CC(N)=NO)CC1)C1CCOC1. The Bertz CT molecular complexity index is 283. The number of hydrogen-bond donors (Lipinski definition) is 3. The van der Waals surface area contributed by atoms with Gasteiger partial charge in [-0.25, -0.2) is 0 Å². The first-order chi connectivity index (χ1) is 8.15. The summed E-state index contributed by atoms with van der Waals surface area (Å²) in [6, 6.07) is 0.488. The molecule has 1 aliphatic heterocycles. The summed E-state index contributed by atoms with van der Waals surface area (Å²) in [5, 5.41) is 15.3.